The van der Waals surface area contributed by atoms with Crippen LogP contribution in [0.15, 0.2) is 27.8 Å². The van der Waals surface area contributed by atoms with Crippen molar-refractivity contribution in [1.82, 2.24) is 25.5 Å². The molecule has 23 heavy (non-hydrogen) atoms. The van der Waals surface area contributed by atoms with Crippen LogP contribution in [0.25, 0.3) is 0 Å². The van der Waals surface area contributed by atoms with Crippen LogP contribution in [0.1, 0.15) is 5.56 Å². The maximum Gasteiger partial charge on any atom is 0.243 e. The van der Waals surface area contributed by atoms with Gasteiger partial charge in [-0.25, -0.2) is 4.68 Å². The van der Waals surface area contributed by atoms with E-state index >= 15 is 0 Å². The molecule has 0 aliphatic carbocycles. The molecule has 0 atom stereocenters. The third-order valence-corrected chi connectivity index (χ3v) is 4.33. The summed E-state index contributed by atoms with van der Waals surface area (Å²) in [5.74, 6) is -0.409. The van der Waals surface area contributed by atoms with E-state index in [4.69, 9.17) is 0 Å². The van der Waals surface area contributed by atoms with E-state index in [0.717, 1.165) is 10.0 Å². The average molecular weight is 399 g/mol. The first-order valence-electron chi connectivity index (χ1n) is 6.63. The lowest BCUT2D eigenvalue weighted by atomic mass is 10.2. The summed E-state index contributed by atoms with van der Waals surface area (Å²) in [6.07, 6.45) is 0. The molecule has 0 radical (unpaired) electrons. The molecule has 0 unspecified atom stereocenters. The second-order valence-corrected chi connectivity index (χ2v) is 6.52. The fourth-order valence-electron chi connectivity index (χ4n) is 1.67. The normalized spacial score (nSPS) is 10.4. The van der Waals surface area contributed by atoms with Crippen LogP contribution in [0.2, 0.25) is 0 Å². The van der Waals surface area contributed by atoms with Crippen molar-refractivity contribution in [2.45, 2.75) is 12.1 Å². The minimum absolute atomic E-state index is 0.0913. The number of tetrazole rings is 1. The van der Waals surface area contributed by atoms with Gasteiger partial charge >= 0.3 is 0 Å². The van der Waals surface area contributed by atoms with Crippen LogP contribution in [-0.4, -0.2) is 44.3 Å². The van der Waals surface area contributed by atoms with Crippen LogP contribution in [-0.2, 0) is 16.6 Å². The number of halogens is 1. The number of amides is 2. The molecule has 2 aromatic rings. The van der Waals surface area contributed by atoms with Gasteiger partial charge in [-0.05, 0) is 41.1 Å². The summed E-state index contributed by atoms with van der Waals surface area (Å²) in [6.45, 7) is 1.80. The Labute approximate surface area is 145 Å². The number of carbonyl (C=O) groups is 2. The van der Waals surface area contributed by atoms with Crippen molar-refractivity contribution >= 4 is 45.2 Å². The molecule has 1 aromatic carbocycles. The molecule has 2 amide bonds. The number of nitrogens with zero attached hydrogens (tertiary/aromatic N) is 4. The largest absolute Gasteiger partial charge is 0.346 e. The van der Waals surface area contributed by atoms with Gasteiger partial charge in [0.25, 0.3) is 0 Å². The van der Waals surface area contributed by atoms with Crippen LogP contribution >= 0.6 is 27.7 Å². The number of carbonyl (C=O) groups excluding carboxylic acids is 2. The summed E-state index contributed by atoms with van der Waals surface area (Å²) in [5, 5.41) is 16.7. The Morgan fingerprint density at radius 1 is 1.35 bits per heavy atom. The van der Waals surface area contributed by atoms with Crippen LogP contribution < -0.4 is 10.6 Å². The van der Waals surface area contributed by atoms with Crippen LogP contribution in [0, 0.1) is 6.92 Å². The molecule has 10 heteroatoms. The van der Waals surface area contributed by atoms with Crippen LogP contribution in [0.3, 0.4) is 0 Å². The molecule has 8 nitrogen and oxygen atoms in total. The van der Waals surface area contributed by atoms with Gasteiger partial charge in [-0.2, -0.15) is 0 Å². The Bertz CT molecular complexity index is 720. The summed E-state index contributed by atoms with van der Waals surface area (Å²) in [6, 6.07) is 5.54. The molecule has 0 aliphatic rings. The summed E-state index contributed by atoms with van der Waals surface area (Å²) in [5.41, 5.74) is 1.65. The summed E-state index contributed by atoms with van der Waals surface area (Å²) < 4.78 is 2.41. The topological polar surface area (TPSA) is 102 Å². The standard InChI is InChI=1S/C13H15BrN6O2S/c1-8-5-9(14)3-4-10(8)16-11(21)6-15-12(22)7-23-13-17-18-19-20(13)2/h3-5H,6-7H2,1-2H3,(H,15,22)(H,16,21). The number of rotatable bonds is 6. The zero-order chi connectivity index (χ0) is 16.8. The van der Waals surface area contributed by atoms with Crippen molar-refractivity contribution in [3.05, 3.63) is 28.2 Å². The monoisotopic (exact) mass is 398 g/mol. The van der Waals surface area contributed by atoms with E-state index in [1.807, 2.05) is 19.1 Å². The number of nitrogens with one attached hydrogen (secondary N) is 2. The molecule has 0 spiro atoms. The predicted octanol–water partition coefficient (Wildman–Crippen LogP) is 1.13. The Balaban J connectivity index is 1.75. The lowest BCUT2D eigenvalue weighted by Gasteiger charge is -2.09. The summed E-state index contributed by atoms with van der Waals surface area (Å²) in [7, 11) is 1.69. The van der Waals surface area contributed by atoms with E-state index in [1.54, 1.807) is 13.1 Å². The zero-order valence-corrected chi connectivity index (χ0v) is 14.9. The molecule has 1 aromatic heterocycles. The van der Waals surface area contributed by atoms with E-state index in [2.05, 4.69) is 42.1 Å². The highest BCUT2D eigenvalue weighted by atomic mass is 79.9. The first-order valence-corrected chi connectivity index (χ1v) is 8.41. The van der Waals surface area contributed by atoms with E-state index < -0.39 is 0 Å². The van der Waals surface area contributed by atoms with Gasteiger partial charge in [-0.1, -0.05) is 27.7 Å². The van der Waals surface area contributed by atoms with Crippen molar-refractivity contribution in [3.8, 4) is 0 Å². The van der Waals surface area contributed by atoms with Gasteiger partial charge in [0.05, 0.1) is 12.3 Å². The SMILES string of the molecule is Cc1cc(Br)ccc1NC(=O)CNC(=O)CSc1nnnn1C. The van der Waals surface area contributed by atoms with Crippen LogP contribution in [0.5, 0.6) is 0 Å². The smallest absolute Gasteiger partial charge is 0.243 e. The van der Waals surface area contributed by atoms with E-state index in [-0.39, 0.29) is 24.1 Å². The average Bonchev–Trinajstić information content (AvgIpc) is 2.91. The minimum atomic E-state index is -0.283. The van der Waals surface area contributed by atoms with E-state index in [1.165, 1.54) is 16.4 Å². The first kappa shape index (κ1) is 17.4. The van der Waals surface area contributed by atoms with Gasteiger partial charge in [0.15, 0.2) is 0 Å². The maximum atomic E-state index is 11.9. The summed E-state index contributed by atoms with van der Waals surface area (Å²) in [4.78, 5) is 23.6. The fourth-order valence-corrected chi connectivity index (χ4v) is 2.82. The molecule has 0 aliphatic heterocycles. The zero-order valence-electron chi connectivity index (χ0n) is 12.5. The molecule has 0 bridgehead atoms. The number of thioether (sulfide) groups is 1. The van der Waals surface area contributed by atoms with E-state index in [0.29, 0.717) is 10.8 Å². The Morgan fingerprint density at radius 3 is 2.78 bits per heavy atom. The predicted molar refractivity (Wildman–Crippen MR) is 90.0 cm³/mol. The lowest BCUT2D eigenvalue weighted by molar-refractivity contribution is -0.122. The third kappa shape index (κ3) is 5.32. The van der Waals surface area contributed by atoms with Gasteiger partial charge < -0.3 is 10.6 Å². The molecular weight excluding hydrogens is 384 g/mol. The molecule has 0 saturated heterocycles. The summed E-state index contributed by atoms with van der Waals surface area (Å²) >= 11 is 4.56. The Kier molecular flexibility index (Phi) is 6.11. The second-order valence-electron chi connectivity index (χ2n) is 4.66. The molecule has 0 saturated carbocycles. The van der Waals surface area contributed by atoms with Gasteiger partial charge in [0.1, 0.15) is 0 Å². The van der Waals surface area contributed by atoms with Gasteiger partial charge in [0.2, 0.25) is 17.0 Å². The van der Waals surface area contributed by atoms with Crippen molar-refractivity contribution < 1.29 is 9.59 Å². The molecule has 0 fully saturated rings. The number of hydrogen-bond donors (Lipinski definition) is 2. The highest BCUT2D eigenvalue weighted by Gasteiger charge is 2.10. The number of anilines is 1. The van der Waals surface area contributed by atoms with Gasteiger partial charge in [0, 0.05) is 17.2 Å². The number of hydrogen-bond acceptors (Lipinski definition) is 6. The number of aromatic nitrogens is 4. The Morgan fingerprint density at radius 2 is 2.13 bits per heavy atom. The van der Waals surface area contributed by atoms with Crippen molar-refractivity contribution in [1.29, 1.82) is 0 Å². The number of aryl methyl sites for hydroxylation is 2. The number of benzene rings is 1. The van der Waals surface area contributed by atoms with E-state index in [9.17, 15) is 9.59 Å². The highest BCUT2D eigenvalue weighted by Crippen LogP contribution is 2.19. The van der Waals surface area contributed by atoms with Gasteiger partial charge in [-0.15, -0.1) is 5.10 Å². The van der Waals surface area contributed by atoms with Gasteiger partial charge in [-0.3, -0.25) is 9.59 Å². The maximum absolute atomic E-state index is 11.9. The minimum Gasteiger partial charge on any atom is -0.346 e. The quantitative estimate of drug-likeness (QED) is 0.707. The molecule has 122 valence electrons. The first-order chi connectivity index (χ1) is 11.0. The Hall–Kier alpha value is -1.94. The van der Waals surface area contributed by atoms with Crippen molar-refractivity contribution in [2.75, 3.05) is 17.6 Å². The lowest BCUT2D eigenvalue weighted by Crippen LogP contribution is -2.34. The highest BCUT2D eigenvalue weighted by molar-refractivity contribution is 9.10. The molecule has 1 heterocycles. The van der Waals surface area contributed by atoms with Crippen molar-refractivity contribution in [2.24, 2.45) is 7.05 Å². The molecule has 2 N–H and O–H groups in total. The molecular formula is C13H15BrN6O2S. The van der Waals surface area contributed by atoms with Crippen molar-refractivity contribution in [3.63, 3.8) is 0 Å². The van der Waals surface area contributed by atoms with Crippen LogP contribution in [0.4, 0.5) is 5.69 Å². The fraction of sp³-hybridized carbons (Fsp3) is 0.308. The molecule has 2 rings (SSSR count). The second kappa shape index (κ2) is 8.06. The third-order valence-electron chi connectivity index (χ3n) is 2.82.